The van der Waals surface area contributed by atoms with Crippen LogP contribution in [0.1, 0.15) is 50.4 Å². The van der Waals surface area contributed by atoms with E-state index in [9.17, 15) is 14.4 Å². The first-order valence-electron chi connectivity index (χ1n) is 13.8. The van der Waals surface area contributed by atoms with Crippen LogP contribution in [-0.4, -0.2) is 52.9 Å². The second-order valence-corrected chi connectivity index (χ2v) is 11.2. The minimum atomic E-state index is -0.718. The van der Waals surface area contributed by atoms with Crippen molar-refractivity contribution < 1.29 is 23.9 Å². The van der Waals surface area contributed by atoms with E-state index in [2.05, 4.69) is 10.3 Å². The Hall–Kier alpha value is -4.73. The number of methoxy groups -OCH3 is 1. The highest BCUT2D eigenvalue weighted by atomic mass is 16.6. The molecule has 1 aliphatic heterocycles. The first-order chi connectivity index (χ1) is 20.0. The third kappa shape index (κ3) is 7.12. The summed E-state index contributed by atoms with van der Waals surface area (Å²) in [6.45, 7) is 7.43. The van der Waals surface area contributed by atoms with Crippen molar-refractivity contribution in [1.82, 2.24) is 15.2 Å². The van der Waals surface area contributed by atoms with Gasteiger partial charge in [-0.15, -0.1) is 0 Å². The van der Waals surface area contributed by atoms with Crippen LogP contribution in [-0.2, 0) is 22.5 Å². The molecule has 0 aliphatic carbocycles. The van der Waals surface area contributed by atoms with Gasteiger partial charge in [-0.25, -0.2) is 14.6 Å². The van der Waals surface area contributed by atoms with E-state index in [1.165, 1.54) is 4.90 Å². The molecular weight excluding hydrogens is 534 g/mol. The van der Waals surface area contributed by atoms with Gasteiger partial charge in [0.05, 0.1) is 31.7 Å². The van der Waals surface area contributed by atoms with Crippen molar-refractivity contribution in [2.24, 2.45) is 5.92 Å². The Labute approximate surface area is 246 Å². The van der Waals surface area contributed by atoms with Crippen molar-refractivity contribution in [3.8, 4) is 5.75 Å². The van der Waals surface area contributed by atoms with Gasteiger partial charge in [0.2, 0.25) is 5.91 Å². The number of carbonyl (C=O) groups excluding carboxylic acids is 3. The van der Waals surface area contributed by atoms with Gasteiger partial charge in [0.25, 0.3) is 0 Å². The van der Waals surface area contributed by atoms with Gasteiger partial charge in [-0.1, -0.05) is 42.5 Å². The lowest BCUT2D eigenvalue weighted by Crippen LogP contribution is -2.66. The molecule has 2 N–H and O–H groups in total. The Balaban J connectivity index is 1.50. The molecule has 0 spiro atoms. The van der Waals surface area contributed by atoms with E-state index in [0.29, 0.717) is 11.6 Å². The van der Waals surface area contributed by atoms with Gasteiger partial charge in [-0.3, -0.25) is 14.6 Å². The lowest BCUT2D eigenvalue weighted by atomic mass is 9.83. The molecule has 0 saturated carbocycles. The van der Waals surface area contributed by atoms with Crippen LogP contribution in [0.15, 0.2) is 72.9 Å². The van der Waals surface area contributed by atoms with E-state index in [1.807, 2.05) is 61.5 Å². The summed E-state index contributed by atoms with van der Waals surface area (Å²) in [5.41, 5.74) is 1.78. The molecule has 0 bridgehead atoms. The van der Waals surface area contributed by atoms with E-state index in [1.54, 1.807) is 46.2 Å². The van der Waals surface area contributed by atoms with Crippen molar-refractivity contribution in [3.05, 3.63) is 89.6 Å². The number of anilines is 1. The summed E-state index contributed by atoms with van der Waals surface area (Å²) >= 11 is 0. The molecule has 3 aromatic rings. The zero-order valence-electron chi connectivity index (χ0n) is 24.5. The van der Waals surface area contributed by atoms with E-state index in [-0.39, 0.29) is 24.9 Å². The smallest absolute Gasteiger partial charge is 0.416 e. The summed E-state index contributed by atoms with van der Waals surface area (Å²) in [5.74, 6) is 0.113. The lowest BCUT2D eigenvalue weighted by molar-refractivity contribution is -0.145. The largest absolute Gasteiger partial charge is 0.497 e. The molecule has 220 valence electrons. The number of β-lactam (4-membered cyclic amide) rings is 1. The van der Waals surface area contributed by atoms with Gasteiger partial charge in [-0.2, -0.15) is 0 Å². The number of nitrogens with zero attached hydrogens (tertiary/aromatic N) is 3. The van der Waals surface area contributed by atoms with Crippen LogP contribution in [0.3, 0.4) is 0 Å². The SMILES string of the molecule is COc1ccc(CN(C(=O)OC(C)(C)C)c2cc(C[C@H]3C(=O)N(C(=O)N[C@H](C)c4ccccc4)[C@@H]3C=N)ccn2)cc1. The molecule has 3 atom stereocenters. The molecule has 4 amide bonds. The van der Waals surface area contributed by atoms with Gasteiger partial charge < -0.3 is 20.2 Å². The second-order valence-electron chi connectivity index (χ2n) is 11.2. The minimum Gasteiger partial charge on any atom is -0.497 e. The van der Waals surface area contributed by atoms with Gasteiger partial charge in [-0.05, 0) is 75.1 Å². The number of nitrogens with one attached hydrogen (secondary N) is 2. The van der Waals surface area contributed by atoms with Gasteiger partial charge in [0.1, 0.15) is 17.2 Å². The number of amides is 4. The number of carbonyl (C=O) groups is 3. The van der Waals surface area contributed by atoms with E-state index in [0.717, 1.165) is 27.8 Å². The van der Waals surface area contributed by atoms with Crippen LogP contribution in [0.2, 0.25) is 0 Å². The number of pyridine rings is 1. The summed E-state index contributed by atoms with van der Waals surface area (Å²) in [6, 6.07) is 18.8. The number of likely N-dealkylation sites (tertiary alicyclic amines) is 1. The molecule has 10 heteroatoms. The zero-order chi connectivity index (χ0) is 30.4. The topological polar surface area (TPSA) is 125 Å². The highest BCUT2D eigenvalue weighted by Gasteiger charge is 2.49. The summed E-state index contributed by atoms with van der Waals surface area (Å²) in [7, 11) is 1.59. The Morgan fingerprint density at radius 2 is 1.79 bits per heavy atom. The highest BCUT2D eigenvalue weighted by molar-refractivity contribution is 6.06. The van der Waals surface area contributed by atoms with Gasteiger partial charge in [0, 0.05) is 12.4 Å². The number of hydrogen-bond acceptors (Lipinski definition) is 7. The third-order valence-corrected chi connectivity index (χ3v) is 6.95. The number of rotatable bonds is 9. The predicted molar refractivity (Wildman–Crippen MR) is 160 cm³/mol. The number of imide groups is 1. The molecule has 2 aromatic carbocycles. The fourth-order valence-electron chi connectivity index (χ4n) is 4.74. The molecular formula is C32H37N5O5. The molecule has 0 radical (unpaired) electrons. The summed E-state index contributed by atoms with van der Waals surface area (Å²) in [5, 5.41) is 10.8. The van der Waals surface area contributed by atoms with Gasteiger partial charge in [0.15, 0.2) is 0 Å². The molecule has 42 heavy (non-hydrogen) atoms. The van der Waals surface area contributed by atoms with Crippen molar-refractivity contribution in [3.63, 3.8) is 0 Å². The Morgan fingerprint density at radius 3 is 2.40 bits per heavy atom. The average molecular weight is 572 g/mol. The second kappa shape index (κ2) is 12.8. The number of benzene rings is 2. The molecule has 1 saturated heterocycles. The molecule has 0 unspecified atom stereocenters. The number of urea groups is 1. The summed E-state index contributed by atoms with van der Waals surface area (Å²) in [4.78, 5) is 46.3. The van der Waals surface area contributed by atoms with Crippen molar-refractivity contribution in [2.75, 3.05) is 12.0 Å². The first-order valence-corrected chi connectivity index (χ1v) is 13.8. The number of aromatic nitrogens is 1. The molecule has 2 heterocycles. The van der Waals surface area contributed by atoms with Crippen molar-refractivity contribution in [2.45, 2.75) is 58.3 Å². The first kappa shape index (κ1) is 30.2. The maximum Gasteiger partial charge on any atom is 0.416 e. The summed E-state index contributed by atoms with van der Waals surface area (Å²) < 4.78 is 10.9. The van der Waals surface area contributed by atoms with E-state index in [4.69, 9.17) is 14.9 Å². The zero-order valence-corrected chi connectivity index (χ0v) is 24.5. The molecule has 1 aliphatic rings. The van der Waals surface area contributed by atoms with Crippen LogP contribution >= 0.6 is 0 Å². The number of hydrogen-bond donors (Lipinski definition) is 2. The highest BCUT2D eigenvalue weighted by Crippen LogP contribution is 2.31. The monoisotopic (exact) mass is 571 g/mol. The Bertz CT molecular complexity index is 1420. The minimum absolute atomic E-state index is 0.203. The predicted octanol–water partition coefficient (Wildman–Crippen LogP) is 5.52. The quantitative estimate of drug-likeness (QED) is 0.257. The molecule has 10 nitrogen and oxygen atoms in total. The Morgan fingerprint density at radius 1 is 1.10 bits per heavy atom. The summed E-state index contributed by atoms with van der Waals surface area (Å²) in [6.07, 6.45) is 2.41. The maximum atomic E-state index is 13.3. The van der Waals surface area contributed by atoms with E-state index >= 15 is 0 Å². The Kier molecular flexibility index (Phi) is 9.25. The molecule has 1 fully saturated rings. The average Bonchev–Trinajstić information content (AvgIpc) is 2.97. The standard InChI is InChI=1S/C32H37N5O5/c1-21(24-9-7-6-8-10-24)35-30(39)37-27(19-33)26(29(37)38)17-23-15-16-34-28(18-23)36(31(40)42-32(2,3)4)20-22-11-13-25(41-5)14-12-22/h6-16,18-19,21,26-27,33H,17,20H2,1-5H3,(H,35,39)/t21-,26-,27-/m1/s1. The van der Waals surface area contributed by atoms with Crippen LogP contribution in [0, 0.1) is 11.3 Å². The van der Waals surface area contributed by atoms with Crippen LogP contribution in [0.25, 0.3) is 0 Å². The van der Waals surface area contributed by atoms with Crippen molar-refractivity contribution >= 4 is 30.1 Å². The number of ether oxygens (including phenoxy) is 2. The fourth-order valence-corrected chi connectivity index (χ4v) is 4.74. The lowest BCUT2D eigenvalue weighted by Gasteiger charge is -2.43. The van der Waals surface area contributed by atoms with Crippen LogP contribution in [0.4, 0.5) is 15.4 Å². The normalized spacial score (nSPS) is 17.1. The molecule has 4 rings (SSSR count). The van der Waals surface area contributed by atoms with Crippen LogP contribution < -0.4 is 15.0 Å². The van der Waals surface area contributed by atoms with Gasteiger partial charge >= 0.3 is 12.1 Å². The third-order valence-electron chi connectivity index (χ3n) is 6.95. The van der Waals surface area contributed by atoms with Crippen molar-refractivity contribution in [1.29, 1.82) is 5.41 Å². The fraction of sp³-hybridized carbons (Fsp3) is 0.344. The maximum absolute atomic E-state index is 13.3. The van der Waals surface area contributed by atoms with E-state index < -0.39 is 29.7 Å². The molecule has 1 aromatic heterocycles. The van der Waals surface area contributed by atoms with Crippen LogP contribution in [0.5, 0.6) is 5.75 Å².